The second kappa shape index (κ2) is 5.51. The minimum absolute atomic E-state index is 0.136. The van der Waals surface area contributed by atoms with E-state index in [4.69, 9.17) is 10.5 Å². The Bertz CT molecular complexity index is 440. The number of fused-ring (bicyclic) bond motifs is 1. The van der Waals surface area contributed by atoms with Crippen molar-refractivity contribution in [3.05, 3.63) is 29.3 Å². The van der Waals surface area contributed by atoms with Crippen LogP contribution in [0.3, 0.4) is 0 Å². The molecule has 0 saturated carbocycles. The number of ether oxygens (including phenoxy) is 1. The first-order chi connectivity index (χ1) is 9.29. The molecule has 1 aromatic rings. The Kier molecular flexibility index (Phi) is 3.76. The highest BCUT2D eigenvalue weighted by atomic mass is 16.5. The van der Waals surface area contributed by atoms with Gasteiger partial charge in [0.25, 0.3) is 0 Å². The molecule has 0 aromatic heterocycles. The van der Waals surface area contributed by atoms with E-state index in [2.05, 4.69) is 17.0 Å². The first-order valence-electron chi connectivity index (χ1n) is 7.46. The topological polar surface area (TPSA) is 38.5 Å². The molecule has 1 saturated heterocycles. The van der Waals surface area contributed by atoms with Crippen molar-refractivity contribution in [1.82, 2.24) is 4.90 Å². The van der Waals surface area contributed by atoms with Crippen molar-refractivity contribution in [3.8, 4) is 5.75 Å². The van der Waals surface area contributed by atoms with Gasteiger partial charge in [0.2, 0.25) is 0 Å². The molecule has 2 atom stereocenters. The molecule has 19 heavy (non-hydrogen) atoms. The number of likely N-dealkylation sites (tertiary alicyclic amines) is 1. The number of methoxy groups -OCH3 is 1. The lowest BCUT2D eigenvalue weighted by atomic mass is 9.83. The van der Waals surface area contributed by atoms with Gasteiger partial charge >= 0.3 is 0 Å². The van der Waals surface area contributed by atoms with Gasteiger partial charge in [-0.15, -0.1) is 0 Å². The average Bonchev–Trinajstić information content (AvgIpc) is 2.48. The summed E-state index contributed by atoms with van der Waals surface area (Å²) in [7, 11) is 1.72. The molecule has 1 heterocycles. The number of hydrogen-bond donors (Lipinski definition) is 1. The van der Waals surface area contributed by atoms with Crippen molar-refractivity contribution >= 4 is 0 Å². The van der Waals surface area contributed by atoms with E-state index in [9.17, 15) is 0 Å². The van der Waals surface area contributed by atoms with Gasteiger partial charge < -0.3 is 10.5 Å². The maximum atomic E-state index is 6.55. The van der Waals surface area contributed by atoms with Crippen LogP contribution in [0.25, 0.3) is 0 Å². The molecule has 0 radical (unpaired) electrons. The SMILES string of the molecule is COc1ccc2c(c1)C(N)C(N1CCCCC1)CC2. The van der Waals surface area contributed by atoms with Gasteiger partial charge in [0.05, 0.1) is 7.11 Å². The second-order valence-corrected chi connectivity index (χ2v) is 5.79. The van der Waals surface area contributed by atoms with E-state index < -0.39 is 0 Å². The summed E-state index contributed by atoms with van der Waals surface area (Å²) in [5.41, 5.74) is 9.24. The molecule has 1 fully saturated rings. The van der Waals surface area contributed by atoms with Crippen LogP contribution in [-0.2, 0) is 6.42 Å². The van der Waals surface area contributed by atoms with Gasteiger partial charge in [-0.1, -0.05) is 12.5 Å². The predicted molar refractivity (Wildman–Crippen MR) is 77.5 cm³/mol. The molecular weight excluding hydrogens is 236 g/mol. The van der Waals surface area contributed by atoms with E-state index in [1.54, 1.807) is 7.11 Å². The van der Waals surface area contributed by atoms with Crippen molar-refractivity contribution in [1.29, 1.82) is 0 Å². The van der Waals surface area contributed by atoms with Gasteiger partial charge in [-0.2, -0.15) is 0 Å². The van der Waals surface area contributed by atoms with E-state index in [0.717, 1.165) is 12.2 Å². The Morgan fingerprint density at radius 2 is 2.00 bits per heavy atom. The third kappa shape index (κ3) is 2.49. The Balaban J connectivity index is 1.83. The number of nitrogens with two attached hydrogens (primary N) is 1. The summed E-state index contributed by atoms with van der Waals surface area (Å²) in [4.78, 5) is 2.61. The summed E-state index contributed by atoms with van der Waals surface area (Å²) in [5.74, 6) is 0.925. The average molecular weight is 260 g/mol. The molecule has 2 unspecified atom stereocenters. The first kappa shape index (κ1) is 12.9. The third-order valence-electron chi connectivity index (χ3n) is 4.70. The van der Waals surface area contributed by atoms with Gasteiger partial charge in [-0.25, -0.2) is 0 Å². The van der Waals surface area contributed by atoms with Gasteiger partial charge in [-0.3, -0.25) is 4.90 Å². The second-order valence-electron chi connectivity index (χ2n) is 5.79. The lowest BCUT2D eigenvalue weighted by Gasteiger charge is -2.41. The number of rotatable bonds is 2. The maximum Gasteiger partial charge on any atom is 0.119 e. The summed E-state index contributed by atoms with van der Waals surface area (Å²) < 4.78 is 5.34. The molecule has 1 aromatic carbocycles. The van der Waals surface area contributed by atoms with Crippen LogP contribution in [0.2, 0.25) is 0 Å². The third-order valence-corrected chi connectivity index (χ3v) is 4.70. The zero-order chi connectivity index (χ0) is 13.2. The van der Waals surface area contributed by atoms with Crippen molar-refractivity contribution in [2.24, 2.45) is 5.73 Å². The molecule has 3 nitrogen and oxygen atoms in total. The van der Waals surface area contributed by atoms with Crippen molar-refractivity contribution in [3.63, 3.8) is 0 Å². The van der Waals surface area contributed by atoms with Crippen LogP contribution < -0.4 is 10.5 Å². The van der Waals surface area contributed by atoms with Crippen LogP contribution in [0.4, 0.5) is 0 Å². The summed E-state index contributed by atoms with van der Waals surface area (Å²) >= 11 is 0. The summed E-state index contributed by atoms with van der Waals surface area (Å²) in [6, 6.07) is 7.01. The smallest absolute Gasteiger partial charge is 0.119 e. The number of aryl methyl sites for hydroxylation is 1. The number of hydrogen-bond acceptors (Lipinski definition) is 3. The molecule has 0 spiro atoms. The van der Waals surface area contributed by atoms with Crippen LogP contribution in [0.1, 0.15) is 42.9 Å². The number of benzene rings is 1. The largest absolute Gasteiger partial charge is 0.497 e. The van der Waals surface area contributed by atoms with Crippen molar-refractivity contribution < 1.29 is 4.74 Å². The minimum Gasteiger partial charge on any atom is -0.497 e. The Morgan fingerprint density at radius 3 is 2.74 bits per heavy atom. The highest BCUT2D eigenvalue weighted by Crippen LogP contribution is 2.34. The molecule has 3 rings (SSSR count). The fraction of sp³-hybridized carbons (Fsp3) is 0.625. The van der Waals surface area contributed by atoms with E-state index in [0.29, 0.717) is 6.04 Å². The van der Waals surface area contributed by atoms with E-state index >= 15 is 0 Å². The van der Waals surface area contributed by atoms with Gasteiger partial charge in [0.1, 0.15) is 5.75 Å². The van der Waals surface area contributed by atoms with Crippen molar-refractivity contribution in [2.45, 2.75) is 44.2 Å². The van der Waals surface area contributed by atoms with Gasteiger partial charge in [0, 0.05) is 12.1 Å². The molecule has 0 amide bonds. The highest BCUT2D eigenvalue weighted by Gasteiger charge is 2.31. The summed E-state index contributed by atoms with van der Waals surface area (Å²) in [6.07, 6.45) is 6.37. The summed E-state index contributed by atoms with van der Waals surface area (Å²) in [6.45, 7) is 2.44. The molecule has 3 heteroatoms. The quantitative estimate of drug-likeness (QED) is 0.888. The van der Waals surface area contributed by atoms with Gasteiger partial charge in [-0.05, 0) is 62.0 Å². The highest BCUT2D eigenvalue weighted by molar-refractivity contribution is 5.40. The fourth-order valence-electron chi connectivity index (χ4n) is 3.59. The van der Waals surface area contributed by atoms with E-state index in [1.165, 1.54) is 49.9 Å². The Labute approximate surface area is 115 Å². The Morgan fingerprint density at radius 1 is 1.21 bits per heavy atom. The van der Waals surface area contributed by atoms with Gasteiger partial charge in [0.15, 0.2) is 0 Å². The maximum absolute atomic E-state index is 6.55. The molecular formula is C16H24N2O. The van der Waals surface area contributed by atoms with Crippen LogP contribution in [0.15, 0.2) is 18.2 Å². The monoisotopic (exact) mass is 260 g/mol. The minimum atomic E-state index is 0.136. The van der Waals surface area contributed by atoms with E-state index in [-0.39, 0.29) is 6.04 Å². The molecule has 104 valence electrons. The van der Waals surface area contributed by atoms with E-state index in [1.807, 2.05) is 6.07 Å². The number of nitrogens with zero attached hydrogens (tertiary/aromatic N) is 1. The molecule has 1 aliphatic carbocycles. The zero-order valence-corrected chi connectivity index (χ0v) is 11.8. The van der Waals surface area contributed by atoms with Crippen molar-refractivity contribution in [2.75, 3.05) is 20.2 Å². The lowest BCUT2D eigenvalue weighted by molar-refractivity contribution is 0.129. The van der Waals surface area contributed by atoms with Crippen LogP contribution in [-0.4, -0.2) is 31.1 Å². The number of piperidine rings is 1. The zero-order valence-electron chi connectivity index (χ0n) is 11.8. The normalized spacial score (nSPS) is 27.9. The van der Waals surface area contributed by atoms with Crippen LogP contribution in [0.5, 0.6) is 5.75 Å². The van der Waals surface area contributed by atoms with Crippen LogP contribution >= 0.6 is 0 Å². The van der Waals surface area contributed by atoms with Crippen LogP contribution in [0, 0.1) is 0 Å². The molecule has 2 aliphatic rings. The lowest BCUT2D eigenvalue weighted by Crippen LogP contribution is -2.47. The Hall–Kier alpha value is -1.06. The fourth-order valence-corrected chi connectivity index (χ4v) is 3.59. The molecule has 0 bridgehead atoms. The predicted octanol–water partition coefficient (Wildman–Crippen LogP) is 2.50. The summed E-state index contributed by atoms with van der Waals surface area (Å²) in [5, 5.41) is 0. The molecule has 1 aliphatic heterocycles. The first-order valence-corrected chi connectivity index (χ1v) is 7.46. The standard InChI is InChI=1S/C16H24N2O/c1-19-13-7-5-12-6-8-15(16(17)14(12)11-13)18-9-3-2-4-10-18/h5,7,11,15-16H,2-4,6,8-10,17H2,1H3. The molecule has 2 N–H and O–H groups in total.